The Bertz CT molecular complexity index is 501. The second-order valence-corrected chi connectivity index (χ2v) is 7.53. The minimum absolute atomic E-state index is 0.00230. The Hall–Kier alpha value is -1.18. The highest BCUT2D eigenvalue weighted by atomic mass is 32.1. The van der Waals surface area contributed by atoms with Crippen LogP contribution in [0.1, 0.15) is 52.8 Å². The third-order valence-corrected chi connectivity index (χ3v) is 4.35. The molecule has 130 valence electrons. The van der Waals surface area contributed by atoms with E-state index >= 15 is 0 Å². The minimum Gasteiger partial charge on any atom is -0.444 e. The van der Waals surface area contributed by atoms with Crippen molar-refractivity contribution in [2.45, 2.75) is 70.9 Å². The van der Waals surface area contributed by atoms with E-state index in [2.05, 4.69) is 22.5 Å². The number of ether oxygens (including phenoxy) is 2. The standard InChI is InChI=1S/C16H27N3O3S/c1-6-21-13-7-11(19-15(20)22-16(3,4)5)14(13)18-10(2)12-8-23-9-17-12/h8-11,13-14,18H,6-7H2,1-5H3,(H,19,20). The Balaban J connectivity index is 1.93. The summed E-state index contributed by atoms with van der Waals surface area (Å²) in [5, 5.41) is 8.49. The fraction of sp³-hybridized carbons (Fsp3) is 0.750. The molecule has 1 aromatic rings. The quantitative estimate of drug-likeness (QED) is 0.832. The van der Waals surface area contributed by atoms with Crippen molar-refractivity contribution in [1.82, 2.24) is 15.6 Å². The molecule has 1 aliphatic carbocycles. The van der Waals surface area contributed by atoms with Crippen molar-refractivity contribution in [3.63, 3.8) is 0 Å². The van der Waals surface area contributed by atoms with Crippen molar-refractivity contribution in [2.75, 3.05) is 6.61 Å². The molecule has 0 spiro atoms. The van der Waals surface area contributed by atoms with E-state index in [1.807, 2.05) is 38.6 Å². The highest BCUT2D eigenvalue weighted by Crippen LogP contribution is 2.27. The lowest BCUT2D eigenvalue weighted by Gasteiger charge is -2.46. The molecule has 0 aromatic carbocycles. The summed E-state index contributed by atoms with van der Waals surface area (Å²) in [6, 6.07) is 0.166. The summed E-state index contributed by atoms with van der Waals surface area (Å²) in [6.07, 6.45) is 0.501. The van der Waals surface area contributed by atoms with Gasteiger partial charge in [-0.25, -0.2) is 9.78 Å². The van der Waals surface area contributed by atoms with E-state index in [-0.39, 0.29) is 30.3 Å². The Morgan fingerprint density at radius 1 is 1.52 bits per heavy atom. The van der Waals surface area contributed by atoms with Gasteiger partial charge < -0.3 is 20.1 Å². The average Bonchev–Trinajstić information content (AvgIpc) is 2.95. The van der Waals surface area contributed by atoms with Crippen molar-refractivity contribution in [3.8, 4) is 0 Å². The molecule has 4 unspecified atom stereocenters. The molecule has 0 radical (unpaired) electrons. The number of amides is 1. The molecule has 0 bridgehead atoms. The Morgan fingerprint density at radius 2 is 2.26 bits per heavy atom. The Kier molecular flexibility index (Phi) is 6.00. The van der Waals surface area contributed by atoms with E-state index in [0.717, 1.165) is 12.1 Å². The molecule has 0 saturated heterocycles. The number of carbonyl (C=O) groups excluding carboxylic acids is 1. The number of thiazole rings is 1. The Labute approximate surface area is 142 Å². The summed E-state index contributed by atoms with van der Waals surface area (Å²) < 4.78 is 11.1. The van der Waals surface area contributed by atoms with Crippen LogP contribution in [0.4, 0.5) is 4.79 Å². The third kappa shape index (κ3) is 5.16. The lowest BCUT2D eigenvalue weighted by molar-refractivity contribution is -0.0463. The average molecular weight is 341 g/mol. The predicted octanol–water partition coefficient (Wildman–Crippen LogP) is 2.86. The van der Waals surface area contributed by atoms with Gasteiger partial charge >= 0.3 is 6.09 Å². The van der Waals surface area contributed by atoms with E-state index < -0.39 is 5.60 Å². The summed E-state index contributed by atoms with van der Waals surface area (Å²) in [6.45, 7) is 10.3. The van der Waals surface area contributed by atoms with Crippen molar-refractivity contribution in [1.29, 1.82) is 0 Å². The van der Waals surface area contributed by atoms with Gasteiger partial charge in [0.05, 0.1) is 29.4 Å². The lowest BCUT2D eigenvalue weighted by Crippen LogP contribution is -2.66. The maximum absolute atomic E-state index is 12.0. The summed E-state index contributed by atoms with van der Waals surface area (Å²) in [4.78, 5) is 16.3. The van der Waals surface area contributed by atoms with Gasteiger partial charge in [0, 0.05) is 18.0 Å². The SMILES string of the molecule is CCOC1CC(NC(=O)OC(C)(C)C)C1NC(C)c1cscn1. The summed E-state index contributed by atoms with van der Waals surface area (Å²) in [5.41, 5.74) is 2.34. The smallest absolute Gasteiger partial charge is 0.407 e. The van der Waals surface area contributed by atoms with Gasteiger partial charge in [-0.2, -0.15) is 0 Å². The summed E-state index contributed by atoms with van der Waals surface area (Å²) >= 11 is 1.58. The maximum atomic E-state index is 12.0. The zero-order valence-corrected chi connectivity index (χ0v) is 15.3. The summed E-state index contributed by atoms with van der Waals surface area (Å²) in [5.74, 6) is 0. The van der Waals surface area contributed by atoms with Crippen LogP contribution in [0.2, 0.25) is 0 Å². The number of nitrogens with zero attached hydrogens (tertiary/aromatic N) is 1. The molecule has 2 N–H and O–H groups in total. The van der Waals surface area contributed by atoms with Gasteiger partial charge in [0.1, 0.15) is 5.60 Å². The van der Waals surface area contributed by atoms with Crippen LogP contribution in [0.25, 0.3) is 0 Å². The second kappa shape index (κ2) is 7.59. The number of nitrogens with one attached hydrogen (secondary N) is 2. The molecule has 1 heterocycles. The van der Waals surface area contributed by atoms with E-state index in [1.54, 1.807) is 11.3 Å². The first-order valence-corrected chi connectivity index (χ1v) is 8.99. The van der Waals surface area contributed by atoms with Crippen LogP contribution < -0.4 is 10.6 Å². The number of rotatable bonds is 6. The van der Waals surface area contributed by atoms with E-state index in [0.29, 0.717) is 6.61 Å². The Morgan fingerprint density at radius 3 is 2.83 bits per heavy atom. The molecule has 23 heavy (non-hydrogen) atoms. The number of hydrogen-bond donors (Lipinski definition) is 2. The van der Waals surface area contributed by atoms with Crippen LogP contribution in [-0.2, 0) is 9.47 Å². The number of alkyl carbamates (subject to hydrolysis) is 1. The first kappa shape index (κ1) is 18.2. The molecule has 6 nitrogen and oxygen atoms in total. The number of hydrogen-bond acceptors (Lipinski definition) is 6. The molecule has 1 fully saturated rings. The van der Waals surface area contributed by atoms with Gasteiger partial charge in [0.15, 0.2) is 0 Å². The first-order valence-electron chi connectivity index (χ1n) is 8.05. The van der Waals surface area contributed by atoms with E-state index in [1.165, 1.54) is 0 Å². The van der Waals surface area contributed by atoms with Gasteiger partial charge in [0.25, 0.3) is 0 Å². The van der Waals surface area contributed by atoms with Crippen LogP contribution in [0.15, 0.2) is 10.9 Å². The predicted molar refractivity (Wildman–Crippen MR) is 90.6 cm³/mol. The van der Waals surface area contributed by atoms with E-state index in [9.17, 15) is 4.79 Å². The van der Waals surface area contributed by atoms with Gasteiger partial charge in [-0.05, 0) is 41.0 Å². The molecule has 4 atom stereocenters. The monoisotopic (exact) mass is 341 g/mol. The van der Waals surface area contributed by atoms with Crippen LogP contribution in [0, 0.1) is 0 Å². The highest BCUT2D eigenvalue weighted by molar-refractivity contribution is 7.07. The van der Waals surface area contributed by atoms with Crippen molar-refractivity contribution < 1.29 is 14.3 Å². The minimum atomic E-state index is -0.496. The molecule has 1 saturated carbocycles. The second-order valence-electron chi connectivity index (χ2n) is 6.81. The zero-order valence-electron chi connectivity index (χ0n) is 14.5. The van der Waals surface area contributed by atoms with Crippen LogP contribution in [-0.4, -0.2) is 41.5 Å². The topological polar surface area (TPSA) is 72.5 Å². The third-order valence-electron chi connectivity index (χ3n) is 3.74. The molecule has 1 aliphatic rings. The highest BCUT2D eigenvalue weighted by Gasteiger charge is 2.43. The molecular formula is C16H27N3O3S. The van der Waals surface area contributed by atoms with Crippen molar-refractivity contribution in [3.05, 3.63) is 16.6 Å². The fourth-order valence-corrected chi connectivity index (χ4v) is 3.28. The first-order chi connectivity index (χ1) is 10.8. The van der Waals surface area contributed by atoms with Gasteiger partial charge in [-0.3, -0.25) is 0 Å². The number of aromatic nitrogens is 1. The van der Waals surface area contributed by atoms with Gasteiger partial charge in [0.2, 0.25) is 0 Å². The van der Waals surface area contributed by atoms with Crippen LogP contribution >= 0.6 is 11.3 Å². The van der Waals surface area contributed by atoms with Crippen molar-refractivity contribution >= 4 is 17.4 Å². The normalized spacial score (nSPS) is 25.5. The van der Waals surface area contributed by atoms with Gasteiger partial charge in [-0.15, -0.1) is 11.3 Å². The fourth-order valence-electron chi connectivity index (χ4n) is 2.63. The zero-order chi connectivity index (χ0) is 17.0. The molecule has 0 aliphatic heterocycles. The molecule has 1 aromatic heterocycles. The van der Waals surface area contributed by atoms with Crippen LogP contribution in [0.3, 0.4) is 0 Å². The maximum Gasteiger partial charge on any atom is 0.407 e. The van der Waals surface area contributed by atoms with Gasteiger partial charge in [-0.1, -0.05) is 0 Å². The largest absolute Gasteiger partial charge is 0.444 e. The number of carbonyl (C=O) groups is 1. The molecule has 2 rings (SSSR count). The molecule has 1 amide bonds. The summed E-state index contributed by atoms with van der Waals surface area (Å²) in [7, 11) is 0. The van der Waals surface area contributed by atoms with E-state index in [4.69, 9.17) is 9.47 Å². The lowest BCUT2D eigenvalue weighted by atomic mass is 9.82. The van der Waals surface area contributed by atoms with Crippen LogP contribution in [0.5, 0.6) is 0 Å². The van der Waals surface area contributed by atoms with Crippen molar-refractivity contribution in [2.24, 2.45) is 0 Å². The molecule has 7 heteroatoms. The molecular weight excluding hydrogens is 314 g/mol.